The Labute approximate surface area is 81.9 Å². The standard InChI is InChI=1S/HNO3.4H2O.Th/c2-1(3)4;;;;;/h(H,2,3,4);4*1H2;. The fourth-order valence-electron chi connectivity index (χ4n) is 0. The Morgan fingerprint density at radius 1 is 1.11 bits per heavy atom. The Morgan fingerprint density at radius 3 is 1.11 bits per heavy atom. The summed E-state index contributed by atoms with van der Waals surface area (Å²) >= 11 is 0. The van der Waals surface area contributed by atoms with Gasteiger partial charge in [-0.25, -0.2) is 0 Å². The summed E-state index contributed by atoms with van der Waals surface area (Å²) in [5.74, 6) is 0. The van der Waals surface area contributed by atoms with Crippen LogP contribution in [0.4, 0.5) is 0 Å². The smallest absolute Gasteiger partial charge is 0.291 e. The monoisotopic (exact) mass is 367 g/mol. The first kappa shape index (κ1) is 57.9. The van der Waals surface area contributed by atoms with Crippen LogP contribution in [0.3, 0.4) is 0 Å². The Kier molecular flexibility index (Phi) is 258. The van der Waals surface area contributed by atoms with Gasteiger partial charge in [-0.2, -0.15) is 0 Å². The van der Waals surface area contributed by atoms with E-state index in [1.54, 1.807) is 0 Å². The van der Waals surface area contributed by atoms with E-state index in [2.05, 4.69) is 0 Å². The number of nitrogens with zero attached hydrogens (tertiary/aromatic N) is 1. The van der Waals surface area contributed by atoms with Crippen molar-refractivity contribution in [3.05, 3.63) is 10.1 Å². The normalized spacial score (nSPS) is 2.67. The second-order valence-corrected chi connectivity index (χ2v) is 0.238. The van der Waals surface area contributed by atoms with E-state index in [1.807, 2.05) is 0 Å². The van der Waals surface area contributed by atoms with Crippen LogP contribution in [-0.4, -0.2) is 32.2 Å². The van der Waals surface area contributed by atoms with Crippen LogP contribution in [0.25, 0.3) is 0 Å². The van der Waals surface area contributed by atoms with Crippen molar-refractivity contribution in [3.8, 4) is 0 Å². The number of hydrogen-bond acceptors (Lipinski definition) is 2. The summed E-state index contributed by atoms with van der Waals surface area (Å²) in [7, 11) is 0. The van der Waals surface area contributed by atoms with E-state index >= 15 is 0 Å². The first-order valence-electron chi connectivity index (χ1n) is 0.565. The molecule has 0 spiro atoms. The van der Waals surface area contributed by atoms with Gasteiger partial charge in [-0.1, -0.05) is 0 Å². The van der Waals surface area contributed by atoms with Crippen molar-refractivity contribution in [2.75, 3.05) is 0 Å². The first-order valence-corrected chi connectivity index (χ1v) is 0.565. The van der Waals surface area contributed by atoms with Crippen molar-refractivity contribution in [1.29, 1.82) is 0 Å². The van der Waals surface area contributed by atoms with Crippen molar-refractivity contribution < 1.29 is 72.1 Å². The molecule has 0 aliphatic rings. The molecular formula is H9NO7Th. The molecule has 0 bridgehead atoms. The van der Waals surface area contributed by atoms with Crippen LogP contribution in [0, 0.1) is 50.1 Å². The van der Waals surface area contributed by atoms with Crippen molar-refractivity contribution in [3.63, 3.8) is 0 Å². The summed E-state index contributed by atoms with van der Waals surface area (Å²) in [6, 6.07) is 0. The first-order chi connectivity index (χ1) is 1.73. The fourth-order valence-corrected chi connectivity index (χ4v) is 0. The molecular weight excluding hydrogens is 358 g/mol. The molecule has 0 fully saturated rings. The third-order valence-corrected chi connectivity index (χ3v) is 0. The van der Waals surface area contributed by atoms with Crippen LogP contribution in [0.5, 0.6) is 0 Å². The van der Waals surface area contributed by atoms with E-state index in [-0.39, 0.29) is 61.8 Å². The predicted molar refractivity (Wildman–Crippen MR) is 23.2 cm³/mol. The molecule has 0 aliphatic heterocycles. The minimum atomic E-state index is -1.50. The van der Waals surface area contributed by atoms with Gasteiger partial charge in [0.2, 0.25) is 0 Å². The van der Waals surface area contributed by atoms with E-state index in [0.29, 0.717) is 0 Å². The SMILES string of the molecule is O.O.O.O.O=[N+]([O-])O.[Th]. The summed E-state index contributed by atoms with van der Waals surface area (Å²) in [5.41, 5.74) is 0. The number of rotatable bonds is 0. The molecule has 9 heavy (non-hydrogen) atoms. The average Bonchev–Trinajstić information content (AvgIpc) is 0.811. The van der Waals surface area contributed by atoms with Crippen LogP contribution in [0.1, 0.15) is 0 Å². The van der Waals surface area contributed by atoms with E-state index in [1.165, 1.54) is 0 Å². The summed E-state index contributed by atoms with van der Waals surface area (Å²) in [5, 5.41) is 13.6. The summed E-state index contributed by atoms with van der Waals surface area (Å²) in [6.07, 6.45) is 0. The third-order valence-electron chi connectivity index (χ3n) is 0. The van der Waals surface area contributed by atoms with Gasteiger partial charge in [-0.05, 0) is 0 Å². The van der Waals surface area contributed by atoms with Crippen LogP contribution >= 0.6 is 0 Å². The quantitative estimate of drug-likeness (QED) is 0.342. The maximum absolute atomic E-state index is 8.36. The molecule has 0 amide bonds. The molecule has 0 rings (SSSR count). The van der Waals surface area contributed by atoms with Crippen LogP contribution in [0.2, 0.25) is 0 Å². The predicted octanol–water partition coefficient (Wildman–Crippen LogP) is -3.65. The van der Waals surface area contributed by atoms with Gasteiger partial charge in [0.05, 0.1) is 0 Å². The topological polar surface area (TPSA) is 189 Å². The molecule has 60 valence electrons. The molecule has 0 saturated carbocycles. The Balaban J connectivity index is -0.00000000450. The van der Waals surface area contributed by atoms with Gasteiger partial charge in [0, 0.05) is 39.9 Å². The molecule has 0 aromatic carbocycles. The molecule has 9 N–H and O–H groups in total. The van der Waals surface area contributed by atoms with E-state index in [0.717, 1.165) is 0 Å². The van der Waals surface area contributed by atoms with Gasteiger partial charge in [0.15, 0.2) is 0 Å². The molecule has 0 aromatic heterocycles. The molecule has 0 saturated heterocycles. The Bertz CT molecular complexity index is 31.9. The summed E-state index contributed by atoms with van der Waals surface area (Å²) < 4.78 is 0. The molecule has 0 radical (unpaired) electrons. The van der Waals surface area contributed by atoms with Gasteiger partial charge >= 0.3 is 0 Å². The van der Waals surface area contributed by atoms with Crippen molar-refractivity contribution in [1.82, 2.24) is 0 Å². The molecule has 0 aromatic rings. The van der Waals surface area contributed by atoms with Gasteiger partial charge in [-0.15, -0.1) is 10.1 Å². The van der Waals surface area contributed by atoms with Gasteiger partial charge in [-0.3, -0.25) is 0 Å². The zero-order chi connectivity index (χ0) is 3.58. The molecule has 0 heterocycles. The minimum Gasteiger partial charge on any atom is -0.412 e. The van der Waals surface area contributed by atoms with Crippen LogP contribution in [0.15, 0.2) is 0 Å². The van der Waals surface area contributed by atoms with E-state index in [9.17, 15) is 0 Å². The maximum atomic E-state index is 8.36. The van der Waals surface area contributed by atoms with E-state index < -0.39 is 5.09 Å². The zero-order valence-electron chi connectivity index (χ0n) is 4.21. The van der Waals surface area contributed by atoms with Gasteiger partial charge in [0.1, 0.15) is 0 Å². The molecule has 0 aliphatic carbocycles. The zero-order valence-corrected chi connectivity index (χ0v) is 8.32. The second-order valence-electron chi connectivity index (χ2n) is 0.238. The van der Waals surface area contributed by atoms with Crippen molar-refractivity contribution in [2.45, 2.75) is 0 Å². The second kappa shape index (κ2) is 40.1. The van der Waals surface area contributed by atoms with Gasteiger partial charge < -0.3 is 27.1 Å². The largest absolute Gasteiger partial charge is 0.412 e. The summed E-state index contributed by atoms with van der Waals surface area (Å²) in [6.45, 7) is 0. The average molecular weight is 367 g/mol. The third kappa shape index (κ3) is 2550. The number of hydrogen-bond donors (Lipinski definition) is 1. The van der Waals surface area contributed by atoms with Crippen molar-refractivity contribution in [2.24, 2.45) is 0 Å². The summed E-state index contributed by atoms with van der Waals surface area (Å²) in [4.78, 5) is 8.36. The Hall–Kier alpha value is 0.365. The fraction of sp³-hybridized carbons (Fsp3) is 0. The molecule has 0 unspecified atom stereocenters. The Morgan fingerprint density at radius 2 is 1.11 bits per heavy atom. The van der Waals surface area contributed by atoms with E-state index in [4.69, 9.17) is 15.3 Å². The van der Waals surface area contributed by atoms with Crippen LogP contribution < -0.4 is 0 Å². The van der Waals surface area contributed by atoms with Gasteiger partial charge in [0.25, 0.3) is 5.09 Å². The van der Waals surface area contributed by atoms with Crippen LogP contribution in [-0.2, 0) is 0 Å². The minimum absolute atomic E-state index is 0. The molecule has 8 nitrogen and oxygen atoms in total. The molecule has 0 atom stereocenters. The van der Waals surface area contributed by atoms with Crippen molar-refractivity contribution >= 4 is 0 Å². The maximum Gasteiger partial charge on any atom is 0.291 e. The molecule has 9 heteroatoms.